The summed E-state index contributed by atoms with van der Waals surface area (Å²) in [4.78, 5) is 22.6. The van der Waals surface area contributed by atoms with Crippen molar-refractivity contribution in [2.24, 2.45) is 5.92 Å². The van der Waals surface area contributed by atoms with Crippen LogP contribution in [0.5, 0.6) is 0 Å². The van der Waals surface area contributed by atoms with Gasteiger partial charge < -0.3 is 15.2 Å². The maximum absolute atomic E-state index is 11.6. The minimum absolute atomic E-state index is 0.0946. The Balaban J connectivity index is 4.26. The molecule has 8 nitrogen and oxygen atoms in total. The van der Waals surface area contributed by atoms with Crippen LogP contribution >= 0.6 is 0 Å². The number of amides is 1. The summed E-state index contributed by atoms with van der Waals surface area (Å²) in [6.45, 7) is 3.50. The smallest absolute Gasteiger partial charge is 0.326 e. The van der Waals surface area contributed by atoms with E-state index in [4.69, 9.17) is 9.84 Å². The van der Waals surface area contributed by atoms with Gasteiger partial charge in [0.2, 0.25) is 15.9 Å². The first-order valence-electron chi connectivity index (χ1n) is 6.66. The number of carboxylic acids is 1. The molecule has 0 saturated heterocycles. The fraction of sp³-hybridized carbons (Fsp3) is 0.833. The molecular weight excluding hydrogens is 300 g/mol. The van der Waals surface area contributed by atoms with Crippen molar-refractivity contribution < 1.29 is 27.9 Å². The first-order valence-corrected chi connectivity index (χ1v) is 8.31. The Morgan fingerprint density at radius 2 is 1.90 bits per heavy atom. The molecule has 0 aromatic heterocycles. The average Bonchev–Trinajstić information content (AvgIpc) is 2.35. The van der Waals surface area contributed by atoms with E-state index < -0.39 is 34.5 Å². The van der Waals surface area contributed by atoms with E-state index in [1.54, 1.807) is 0 Å². The number of rotatable bonds is 11. The summed E-state index contributed by atoms with van der Waals surface area (Å²) >= 11 is 0. The number of carboxylic acid groups (broad SMARTS) is 1. The molecule has 0 radical (unpaired) electrons. The van der Waals surface area contributed by atoms with Crippen LogP contribution in [0.4, 0.5) is 0 Å². The summed E-state index contributed by atoms with van der Waals surface area (Å²) in [5, 5.41) is 11.3. The molecule has 0 aliphatic rings. The van der Waals surface area contributed by atoms with Crippen LogP contribution < -0.4 is 10.0 Å². The number of nitrogens with one attached hydrogen (secondary N) is 2. The van der Waals surface area contributed by atoms with Crippen LogP contribution in [-0.4, -0.2) is 57.5 Å². The topological polar surface area (TPSA) is 122 Å². The Morgan fingerprint density at radius 1 is 1.29 bits per heavy atom. The number of carbonyl (C=O) groups is 2. The van der Waals surface area contributed by atoms with Gasteiger partial charge in [0.15, 0.2) is 0 Å². The normalized spacial score (nSPS) is 13.1. The highest BCUT2D eigenvalue weighted by Crippen LogP contribution is 2.04. The summed E-state index contributed by atoms with van der Waals surface area (Å²) in [6.07, 6.45) is 0.597. The summed E-state index contributed by atoms with van der Waals surface area (Å²) < 4.78 is 30.0. The molecule has 3 N–H and O–H groups in total. The molecule has 1 amide bonds. The van der Waals surface area contributed by atoms with E-state index in [2.05, 4.69) is 10.0 Å². The Hall–Kier alpha value is -1.19. The highest BCUT2D eigenvalue weighted by atomic mass is 32.2. The van der Waals surface area contributed by atoms with Crippen LogP contribution in [0.3, 0.4) is 0 Å². The van der Waals surface area contributed by atoms with Gasteiger partial charge in [0.1, 0.15) is 6.04 Å². The molecule has 0 heterocycles. The number of sulfonamides is 1. The molecule has 0 fully saturated rings. The fourth-order valence-corrected chi connectivity index (χ4v) is 2.57. The van der Waals surface area contributed by atoms with Gasteiger partial charge in [0.25, 0.3) is 0 Å². The van der Waals surface area contributed by atoms with Crippen molar-refractivity contribution in [2.45, 2.75) is 32.7 Å². The van der Waals surface area contributed by atoms with Gasteiger partial charge in [0.05, 0.1) is 12.3 Å². The molecule has 0 saturated carbocycles. The van der Waals surface area contributed by atoms with Gasteiger partial charge in [0, 0.05) is 13.7 Å². The molecule has 0 aromatic rings. The molecule has 0 unspecified atom stereocenters. The largest absolute Gasteiger partial charge is 0.480 e. The standard InChI is InChI=1S/C12H24N2O6S/c1-9(2)7-10(12(16)17)14-11(15)8-13-21(18,19)6-4-5-20-3/h9-10,13H,4-8H2,1-3H3,(H,14,15)(H,16,17)/t10-/m0/s1. The first kappa shape index (κ1) is 19.8. The predicted molar refractivity (Wildman–Crippen MR) is 77.3 cm³/mol. The molecule has 0 aliphatic heterocycles. The molecule has 21 heavy (non-hydrogen) atoms. The second kappa shape index (κ2) is 9.69. The molecular formula is C12H24N2O6S. The molecule has 0 rings (SSSR count). The lowest BCUT2D eigenvalue weighted by atomic mass is 10.0. The van der Waals surface area contributed by atoms with Gasteiger partial charge in [-0.05, 0) is 18.8 Å². The van der Waals surface area contributed by atoms with E-state index in [0.29, 0.717) is 13.0 Å². The van der Waals surface area contributed by atoms with Crippen LogP contribution in [0.25, 0.3) is 0 Å². The zero-order chi connectivity index (χ0) is 16.5. The average molecular weight is 324 g/mol. The third kappa shape index (κ3) is 10.2. The van der Waals surface area contributed by atoms with Gasteiger partial charge in [-0.15, -0.1) is 0 Å². The molecule has 9 heteroatoms. The lowest BCUT2D eigenvalue weighted by molar-refractivity contribution is -0.142. The molecule has 0 aliphatic carbocycles. The maximum Gasteiger partial charge on any atom is 0.326 e. The molecule has 0 aromatic carbocycles. The number of methoxy groups -OCH3 is 1. The van der Waals surface area contributed by atoms with Crippen molar-refractivity contribution in [2.75, 3.05) is 26.0 Å². The summed E-state index contributed by atoms with van der Waals surface area (Å²) in [7, 11) is -2.10. The van der Waals surface area contributed by atoms with Crippen molar-refractivity contribution in [3.05, 3.63) is 0 Å². The number of aliphatic carboxylic acids is 1. The predicted octanol–water partition coefficient (Wildman–Crippen LogP) is -0.442. The van der Waals surface area contributed by atoms with Crippen molar-refractivity contribution in [3.63, 3.8) is 0 Å². The number of hydrogen-bond donors (Lipinski definition) is 3. The Kier molecular flexibility index (Phi) is 9.14. The maximum atomic E-state index is 11.6. The second-order valence-corrected chi connectivity index (χ2v) is 7.00. The Bertz CT molecular complexity index is 435. The van der Waals surface area contributed by atoms with Crippen LogP contribution in [-0.2, 0) is 24.3 Å². The van der Waals surface area contributed by atoms with Gasteiger partial charge in [-0.2, -0.15) is 0 Å². The number of carbonyl (C=O) groups excluding carboxylic acids is 1. The van der Waals surface area contributed by atoms with E-state index >= 15 is 0 Å². The van der Waals surface area contributed by atoms with Gasteiger partial charge in [-0.1, -0.05) is 13.8 Å². The highest BCUT2D eigenvalue weighted by molar-refractivity contribution is 7.89. The van der Waals surface area contributed by atoms with Crippen LogP contribution in [0.15, 0.2) is 0 Å². The van der Waals surface area contributed by atoms with Gasteiger partial charge in [-0.3, -0.25) is 4.79 Å². The van der Waals surface area contributed by atoms with Crippen molar-refractivity contribution in [1.82, 2.24) is 10.0 Å². The second-order valence-electron chi connectivity index (χ2n) is 5.07. The van der Waals surface area contributed by atoms with Crippen molar-refractivity contribution in [1.29, 1.82) is 0 Å². The lowest BCUT2D eigenvalue weighted by Crippen LogP contribution is -2.46. The number of hydrogen-bond acceptors (Lipinski definition) is 5. The SMILES string of the molecule is COCCCS(=O)(=O)NCC(=O)N[C@@H](CC(C)C)C(=O)O. The van der Waals surface area contributed by atoms with E-state index in [0.717, 1.165) is 0 Å². The van der Waals surface area contributed by atoms with E-state index in [-0.39, 0.29) is 18.1 Å². The van der Waals surface area contributed by atoms with Crippen LogP contribution in [0, 0.1) is 5.92 Å². The van der Waals surface area contributed by atoms with Gasteiger partial charge >= 0.3 is 5.97 Å². The molecule has 1 atom stereocenters. The quantitative estimate of drug-likeness (QED) is 0.443. The zero-order valence-electron chi connectivity index (χ0n) is 12.6. The number of ether oxygens (including phenoxy) is 1. The molecule has 124 valence electrons. The third-order valence-corrected chi connectivity index (χ3v) is 3.96. The van der Waals surface area contributed by atoms with Crippen LogP contribution in [0.2, 0.25) is 0 Å². The van der Waals surface area contributed by atoms with E-state index in [1.807, 2.05) is 13.8 Å². The van der Waals surface area contributed by atoms with E-state index in [9.17, 15) is 18.0 Å². The summed E-state index contributed by atoms with van der Waals surface area (Å²) in [6, 6.07) is -1.02. The van der Waals surface area contributed by atoms with Crippen molar-refractivity contribution >= 4 is 21.9 Å². The first-order chi connectivity index (χ1) is 9.68. The summed E-state index contributed by atoms with van der Waals surface area (Å²) in [5.41, 5.74) is 0. The summed E-state index contributed by atoms with van der Waals surface area (Å²) in [5.74, 6) is -1.86. The Labute approximate surface area is 125 Å². The molecule has 0 spiro atoms. The minimum atomic E-state index is -3.57. The third-order valence-electron chi connectivity index (χ3n) is 2.55. The van der Waals surface area contributed by atoms with Gasteiger partial charge in [-0.25, -0.2) is 17.9 Å². The van der Waals surface area contributed by atoms with Crippen LogP contribution in [0.1, 0.15) is 26.7 Å². The highest BCUT2D eigenvalue weighted by Gasteiger charge is 2.21. The minimum Gasteiger partial charge on any atom is -0.480 e. The zero-order valence-corrected chi connectivity index (χ0v) is 13.4. The van der Waals surface area contributed by atoms with Crippen molar-refractivity contribution in [3.8, 4) is 0 Å². The molecule has 0 bridgehead atoms. The monoisotopic (exact) mass is 324 g/mol. The lowest BCUT2D eigenvalue weighted by Gasteiger charge is -2.16. The fourth-order valence-electron chi connectivity index (χ4n) is 1.58. The van der Waals surface area contributed by atoms with E-state index in [1.165, 1.54) is 7.11 Å². The Morgan fingerprint density at radius 3 is 2.38 bits per heavy atom.